The predicted octanol–water partition coefficient (Wildman–Crippen LogP) is 4.44. The van der Waals surface area contributed by atoms with Crippen molar-refractivity contribution in [3.8, 4) is 17.6 Å². The highest BCUT2D eigenvalue weighted by Crippen LogP contribution is 2.39. The Morgan fingerprint density at radius 2 is 1.97 bits per heavy atom. The summed E-state index contributed by atoms with van der Waals surface area (Å²) in [6, 6.07) is 5.07. The summed E-state index contributed by atoms with van der Waals surface area (Å²) < 4.78 is 59.4. The lowest BCUT2D eigenvalue weighted by Crippen LogP contribution is -2.43. The number of aromatic hydroxyl groups is 1. The van der Waals surface area contributed by atoms with Crippen molar-refractivity contribution in [3.63, 3.8) is 0 Å². The third-order valence-corrected chi connectivity index (χ3v) is 4.43. The molecule has 14 heteroatoms. The van der Waals surface area contributed by atoms with Gasteiger partial charge in [-0.25, -0.2) is 9.29 Å². The fourth-order valence-electron chi connectivity index (χ4n) is 2.62. The molecule has 0 atom stereocenters. The topological polar surface area (TPSA) is 137 Å². The summed E-state index contributed by atoms with van der Waals surface area (Å²) in [5.74, 6) is -6.09. The number of nitro groups is 1. The Morgan fingerprint density at radius 1 is 1.33 bits per heavy atom. The molecule has 0 unspecified atom stereocenters. The van der Waals surface area contributed by atoms with E-state index in [0.717, 1.165) is 37.4 Å². The fraction of sp³-hybridized carbons (Fsp3) is 0.158. The van der Waals surface area contributed by atoms with Gasteiger partial charge >= 0.3 is 12.0 Å². The van der Waals surface area contributed by atoms with E-state index in [2.05, 4.69) is 0 Å². The lowest BCUT2D eigenvalue weighted by molar-refractivity contribution is -0.386. The number of phenols is 1. The molecule has 0 fully saturated rings. The van der Waals surface area contributed by atoms with Crippen LogP contribution in [-0.4, -0.2) is 39.4 Å². The molecule has 0 saturated heterocycles. The number of aliphatic hydroxyl groups excluding tert-OH is 1. The summed E-state index contributed by atoms with van der Waals surface area (Å²) in [6.07, 6.45) is -5.42. The Hall–Kier alpha value is -4.05. The summed E-state index contributed by atoms with van der Waals surface area (Å²) in [4.78, 5) is 21.7. The molecule has 0 aliphatic rings. The van der Waals surface area contributed by atoms with Crippen LogP contribution in [0.5, 0.6) is 11.5 Å². The number of carbonyl (C=O) groups is 1. The van der Waals surface area contributed by atoms with E-state index in [1.54, 1.807) is 0 Å². The van der Waals surface area contributed by atoms with Gasteiger partial charge in [0.25, 0.3) is 5.91 Å². The third kappa shape index (κ3) is 5.42. The van der Waals surface area contributed by atoms with Gasteiger partial charge in [-0.05, 0) is 24.3 Å². The van der Waals surface area contributed by atoms with E-state index in [9.17, 15) is 47.9 Å². The number of halogens is 5. The quantitative estimate of drug-likeness (QED) is 0.116. The van der Waals surface area contributed by atoms with Crippen LogP contribution in [-0.2, 0) is 11.3 Å². The van der Waals surface area contributed by atoms with Crippen LogP contribution in [0.1, 0.15) is 11.1 Å². The van der Waals surface area contributed by atoms with Gasteiger partial charge in [-0.2, -0.15) is 5.26 Å². The normalized spacial score (nSPS) is 11.9. The molecule has 9 nitrogen and oxygen atoms in total. The second-order valence-electron chi connectivity index (χ2n) is 6.23. The number of ether oxygens (including phenoxy) is 1. The van der Waals surface area contributed by atoms with E-state index in [1.807, 2.05) is 0 Å². The van der Waals surface area contributed by atoms with Crippen molar-refractivity contribution >= 4 is 29.0 Å². The van der Waals surface area contributed by atoms with Crippen molar-refractivity contribution in [2.45, 2.75) is 12.8 Å². The summed E-state index contributed by atoms with van der Waals surface area (Å²) in [5, 5.41) is 40.4. The third-order valence-electron chi connectivity index (χ3n) is 4.19. The number of aliphatic hydroxyl groups is 1. The number of hydrogen-bond donors (Lipinski definition) is 2. The van der Waals surface area contributed by atoms with Crippen LogP contribution in [0.3, 0.4) is 0 Å². The van der Waals surface area contributed by atoms with Crippen molar-refractivity contribution in [1.29, 1.82) is 5.26 Å². The Morgan fingerprint density at radius 3 is 2.48 bits per heavy atom. The zero-order valence-corrected chi connectivity index (χ0v) is 17.1. The molecule has 2 aromatic carbocycles. The van der Waals surface area contributed by atoms with Crippen LogP contribution in [0.25, 0.3) is 5.76 Å². The monoisotopic (exact) mass is 489 g/mol. The number of methoxy groups -OCH3 is 1. The molecule has 0 aliphatic heterocycles. The van der Waals surface area contributed by atoms with Gasteiger partial charge in [0.05, 0.1) is 18.6 Å². The molecule has 0 heterocycles. The Kier molecular flexibility index (Phi) is 7.35. The minimum Gasteiger partial charge on any atom is -0.506 e. The first-order chi connectivity index (χ1) is 15.3. The average Bonchev–Trinajstić information content (AvgIpc) is 2.73. The van der Waals surface area contributed by atoms with Gasteiger partial charge < -0.3 is 14.9 Å². The molecular weight excluding hydrogens is 478 g/mol. The number of amides is 1. The van der Waals surface area contributed by atoms with Gasteiger partial charge in [-0.3, -0.25) is 14.9 Å². The summed E-state index contributed by atoms with van der Waals surface area (Å²) >= 11 is 5.66. The van der Waals surface area contributed by atoms with Crippen LogP contribution in [0.4, 0.5) is 23.2 Å². The van der Waals surface area contributed by atoms with Crippen molar-refractivity contribution in [3.05, 3.63) is 68.0 Å². The van der Waals surface area contributed by atoms with Gasteiger partial charge in [0.1, 0.15) is 17.6 Å². The maximum atomic E-state index is 13.9. The first kappa shape index (κ1) is 25.2. The number of phenolic OH excluding ortho intramolecular Hbond substituents is 1. The van der Waals surface area contributed by atoms with Gasteiger partial charge in [0.15, 0.2) is 11.3 Å². The highest BCUT2D eigenvalue weighted by Gasteiger charge is 2.43. The molecule has 0 bridgehead atoms. The maximum absolute atomic E-state index is 13.9. The standard InChI is InChI=1S/C19H12ClF4N3O6/c1-33-15-6-9(5-14(17(15)29)27(31)32)16(28)12(7-25)18(30)26(19(22,23)24)8-10-4-11(20)2-3-13(10)21/h2-6,28-29H,8H2,1H3/b16-12-. The van der Waals surface area contributed by atoms with Gasteiger partial charge in [-0.15, -0.1) is 13.2 Å². The number of nitriles is 1. The van der Waals surface area contributed by atoms with Gasteiger partial charge in [-0.1, -0.05) is 11.6 Å². The van der Waals surface area contributed by atoms with Crippen LogP contribution >= 0.6 is 11.6 Å². The number of nitrogens with zero attached hydrogens (tertiary/aromatic N) is 3. The Balaban J connectivity index is 2.64. The lowest BCUT2D eigenvalue weighted by Gasteiger charge is -2.25. The van der Waals surface area contributed by atoms with Crippen LogP contribution in [0.2, 0.25) is 5.02 Å². The zero-order valence-electron chi connectivity index (χ0n) is 16.4. The molecular formula is C19H12ClF4N3O6. The first-order valence-corrected chi connectivity index (χ1v) is 8.91. The molecule has 2 rings (SSSR count). The lowest BCUT2D eigenvalue weighted by atomic mass is 10.1. The molecule has 174 valence electrons. The molecule has 0 spiro atoms. The zero-order chi connectivity index (χ0) is 25.1. The fourth-order valence-corrected chi connectivity index (χ4v) is 2.81. The molecule has 0 saturated carbocycles. The second kappa shape index (κ2) is 9.61. The second-order valence-corrected chi connectivity index (χ2v) is 6.67. The highest BCUT2D eigenvalue weighted by molar-refractivity contribution is 6.30. The van der Waals surface area contributed by atoms with Crippen molar-refractivity contribution in [1.82, 2.24) is 4.90 Å². The molecule has 2 aromatic rings. The van der Waals surface area contributed by atoms with E-state index in [0.29, 0.717) is 6.07 Å². The maximum Gasteiger partial charge on any atom is 0.487 e. The summed E-state index contributed by atoms with van der Waals surface area (Å²) in [7, 11) is 0.991. The number of hydrogen-bond acceptors (Lipinski definition) is 7. The molecule has 0 aromatic heterocycles. The number of carbonyl (C=O) groups excluding carboxylic acids is 1. The molecule has 2 N–H and O–H groups in total. The summed E-state index contributed by atoms with van der Waals surface area (Å²) in [6.45, 7) is -1.40. The van der Waals surface area contributed by atoms with E-state index >= 15 is 0 Å². The van der Waals surface area contributed by atoms with Crippen LogP contribution < -0.4 is 4.74 Å². The SMILES string of the molecule is COc1cc(/C(O)=C(\C#N)C(=O)N(Cc2cc(Cl)ccc2F)C(F)(F)F)cc([N+](=O)[O-])c1O. The van der Waals surface area contributed by atoms with Crippen molar-refractivity contribution in [2.24, 2.45) is 0 Å². The van der Waals surface area contributed by atoms with Crippen molar-refractivity contribution < 1.29 is 42.2 Å². The number of rotatable bonds is 6. The number of benzene rings is 2. The van der Waals surface area contributed by atoms with E-state index in [1.165, 1.54) is 0 Å². The Labute approximate surface area is 187 Å². The van der Waals surface area contributed by atoms with Gasteiger partial charge in [0, 0.05) is 22.2 Å². The first-order valence-electron chi connectivity index (χ1n) is 8.53. The minimum atomic E-state index is -5.42. The predicted molar refractivity (Wildman–Crippen MR) is 104 cm³/mol. The smallest absolute Gasteiger partial charge is 0.487 e. The molecule has 33 heavy (non-hydrogen) atoms. The summed E-state index contributed by atoms with van der Waals surface area (Å²) in [5.41, 5.74) is -3.78. The average molecular weight is 490 g/mol. The molecule has 0 aliphatic carbocycles. The van der Waals surface area contributed by atoms with Crippen molar-refractivity contribution in [2.75, 3.05) is 7.11 Å². The number of alkyl halides is 3. The Bertz CT molecular complexity index is 1190. The van der Waals surface area contributed by atoms with Crippen LogP contribution in [0.15, 0.2) is 35.9 Å². The van der Waals surface area contributed by atoms with E-state index < -0.39 is 74.0 Å². The minimum absolute atomic E-state index is 0.122. The largest absolute Gasteiger partial charge is 0.506 e. The van der Waals surface area contributed by atoms with Crippen LogP contribution in [0, 0.1) is 27.3 Å². The van der Waals surface area contributed by atoms with E-state index in [4.69, 9.17) is 16.3 Å². The highest BCUT2D eigenvalue weighted by atomic mass is 35.5. The molecule has 1 amide bonds. The van der Waals surface area contributed by atoms with Gasteiger partial charge in [0.2, 0.25) is 5.75 Å². The molecule has 0 radical (unpaired) electrons. The van der Waals surface area contributed by atoms with E-state index in [-0.39, 0.29) is 5.02 Å². The number of nitro benzene ring substituents is 1.